The molecule has 0 aliphatic heterocycles. The van der Waals surface area contributed by atoms with Crippen LogP contribution in [-0.4, -0.2) is 17.3 Å². The lowest BCUT2D eigenvalue weighted by molar-refractivity contribution is 0.0517. The summed E-state index contributed by atoms with van der Waals surface area (Å²) in [6.07, 6.45) is 2.37. The summed E-state index contributed by atoms with van der Waals surface area (Å²) in [5.74, 6) is 1.43. The molecule has 0 saturated heterocycles. The molecule has 0 saturated carbocycles. The predicted octanol–water partition coefficient (Wildman–Crippen LogP) is 3.27. The quantitative estimate of drug-likeness (QED) is 0.795. The van der Waals surface area contributed by atoms with Gasteiger partial charge in [-0.1, -0.05) is 32.4 Å². The van der Waals surface area contributed by atoms with Gasteiger partial charge in [0.2, 0.25) is 0 Å². The molecule has 0 spiro atoms. The van der Waals surface area contributed by atoms with Crippen LogP contribution in [0.4, 0.5) is 0 Å². The molecule has 0 fully saturated rings. The van der Waals surface area contributed by atoms with Gasteiger partial charge in [0.05, 0.1) is 18.2 Å². The topological polar surface area (TPSA) is 55.5 Å². The molecule has 3 nitrogen and oxygen atoms in total. The molecule has 108 valence electrons. The summed E-state index contributed by atoms with van der Waals surface area (Å²) in [4.78, 5) is 0. The van der Waals surface area contributed by atoms with Crippen LogP contribution >= 0.6 is 0 Å². The second-order valence-electron chi connectivity index (χ2n) is 5.91. The minimum atomic E-state index is -0.919. The van der Waals surface area contributed by atoms with Gasteiger partial charge in [-0.2, -0.15) is 0 Å². The monoisotopic (exact) mass is 265 g/mol. The smallest absolute Gasteiger partial charge is 0.119 e. The molecule has 3 heteroatoms. The van der Waals surface area contributed by atoms with Crippen molar-refractivity contribution in [2.45, 2.75) is 52.2 Å². The molecular formula is C16H27NO2. The van der Waals surface area contributed by atoms with Gasteiger partial charge in [0.1, 0.15) is 5.75 Å². The molecular weight excluding hydrogens is 238 g/mol. The van der Waals surface area contributed by atoms with Crippen LogP contribution in [0.25, 0.3) is 0 Å². The van der Waals surface area contributed by atoms with E-state index in [0.29, 0.717) is 5.92 Å². The van der Waals surface area contributed by atoms with Crippen molar-refractivity contribution in [1.82, 2.24) is 0 Å². The average molecular weight is 265 g/mol. The van der Waals surface area contributed by atoms with Crippen molar-refractivity contribution in [2.75, 3.05) is 6.61 Å². The Kier molecular flexibility index (Phi) is 5.83. The van der Waals surface area contributed by atoms with Gasteiger partial charge in [-0.15, -0.1) is 0 Å². The van der Waals surface area contributed by atoms with E-state index in [9.17, 15) is 5.11 Å². The summed E-state index contributed by atoms with van der Waals surface area (Å²) in [7, 11) is 0. The maximum Gasteiger partial charge on any atom is 0.119 e. The molecule has 1 aromatic carbocycles. The van der Waals surface area contributed by atoms with Crippen LogP contribution in [0.15, 0.2) is 24.3 Å². The number of nitrogens with two attached hydrogens (primary N) is 1. The van der Waals surface area contributed by atoms with Gasteiger partial charge in [-0.05, 0) is 43.9 Å². The highest BCUT2D eigenvalue weighted by atomic mass is 16.5. The second-order valence-corrected chi connectivity index (χ2v) is 5.91. The van der Waals surface area contributed by atoms with Crippen molar-refractivity contribution in [2.24, 2.45) is 11.7 Å². The lowest BCUT2D eigenvalue weighted by Gasteiger charge is -2.26. The predicted molar refractivity (Wildman–Crippen MR) is 79.2 cm³/mol. The van der Waals surface area contributed by atoms with E-state index in [1.165, 1.54) is 12.8 Å². The molecule has 2 atom stereocenters. The van der Waals surface area contributed by atoms with Crippen LogP contribution in [0, 0.1) is 5.92 Å². The molecule has 3 N–H and O–H groups in total. The van der Waals surface area contributed by atoms with Crippen LogP contribution in [-0.2, 0) is 0 Å². The zero-order chi connectivity index (χ0) is 14.5. The molecule has 0 amide bonds. The van der Waals surface area contributed by atoms with Crippen molar-refractivity contribution in [3.63, 3.8) is 0 Å². The largest absolute Gasteiger partial charge is 0.493 e. The SMILES string of the molecule is CCCC(C)COc1ccc([C@@H](N)C(C)(C)O)cc1. The van der Waals surface area contributed by atoms with Gasteiger partial charge in [0, 0.05) is 0 Å². The fourth-order valence-corrected chi connectivity index (χ4v) is 1.99. The highest BCUT2D eigenvalue weighted by molar-refractivity contribution is 5.30. The van der Waals surface area contributed by atoms with E-state index in [4.69, 9.17) is 10.5 Å². The van der Waals surface area contributed by atoms with E-state index in [2.05, 4.69) is 13.8 Å². The molecule has 0 aromatic heterocycles. The average Bonchev–Trinajstić information content (AvgIpc) is 2.35. The van der Waals surface area contributed by atoms with Crippen LogP contribution in [0.5, 0.6) is 5.75 Å². The zero-order valence-corrected chi connectivity index (χ0v) is 12.5. The van der Waals surface area contributed by atoms with E-state index >= 15 is 0 Å². The van der Waals surface area contributed by atoms with Gasteiger partial charge < -0.3 is 15.6 Å². The number of aliphatic hydroxyl groups is 1. The highest BCUT2D eigenvalue weighted by Gasteiger charge is 2.24. The Morgan fingerprint density at radius 3 is 2.32 bits per heavy atom. The Hall–Kier alpha value is -1.06. The van der Waals surface area contributed by atoms with Crippen LogP contribution < -0.4 is 10.5 Å². The number of hydrogen-bond donors (Lipinski definition) is 2. The summed E-state index contributed by atoms with van der Waals surface area (Å²) in [6.45, 7) is 8.55. The first-order valence-corrected chi connectivity index (χ1v) is 7.05. The molecule has 0 radical (unpaired) electrons. The molecule has 1 unspecified atom stereocenters. The Balaban J connectivity index is 2.57. The second kappa shape index (κ2) is 6.92. The molecule has 0 aliphatic rings. The minimum Gasteiger partial charge on any atom is -0.493 e. The first-order valence-electron chi connectivity index (χ1n) is 7.05. The Labute approximate surface area is 116 Å². The molecule has 0 heterocycles. The van der Waals surface area contributed by atoms with E-state index in [-0.39, 0.29) is 6.04 Å². The lowest BCUT2D eigenvalue weighted by Crippen LogP contribution is -2.34. The molecule has 0 aliphatic carbocycles. The third kappa shape index (κ3) is 5.21. The van der Waals surface area contributed by atoms with Crippen LogP contribution in [0.3, 0.4) is 0 Å². The third-order valence-corrected chi connectivity index (χ3v) is 3.32. The summed E-state index contributed by atoms with van der Waals surface area (Å²) >= 11 is 0. The number of ether oxygens (including phenoxy) is 1. The molecule has 1 rings (SSSR count). The van der Waals surface area contributed by atoms with Crippen molar-refractivity contribution in [1.29, 1.82) is 0 Å². The fraction of sp³-hybridized carbons (Fsp3) is 0.625. The highest BCUT2D eigenvalue weighted by Crippen LogP contribution is 2.24. The Morgan fingerprint density at radius 2 is 1.84 bits per heavy atom. The van der Waals surface area contributed by atoms with Gasteiger partial charge in [0.25, 0.3) is 0 Å². The number of benzene rings is 1. The maximum atomic E-state index is 9.89. The fourth-order valence-electron chi connectivity index (χ4n) is 1.99. The van der Waals surface area contributed by atoms with E-state index in [0.717, 1.165) is 17.9 Å². The van der Waals surface area contributed by atoms with Gasteiger partial charge in [-0.25, -0.2) is 0 Å². The zero-order valence-electron chi connectivity index (χ0n) is 12.5. The molecule has 0 bridgehead atoms. The minimum absolute atomic E-state index is 0.388. The first-order chi connectivity index (χ1) is 8.84. The van der Waals surface area contributed by atoms with Gasteiger partial charge >= 0.3 is 0 Å². The number of hydrogen-bond acceptors (Lipinski definition) is 3. The lowest BCUT2D eigenvalue weighted by atomic mass is 9.93. The van der Waals surface area contributed by atoms with Crippen LogP contribution in [0.2, 0.25) is 0 Å². The summed E-state index contributed by atoms with van der Waals surface area (Å²) in [5.41, 5.74) is 5.99. The van der Waals surface area contributed by atoms with Crippen molar-refractivity contribution in [3.8, 4) is 5.75 Å². The normalized spacial score (nSPS) is 15.1. The Bertz CT molecular complexity index is 367. The van der Waals surface area contributed by atoms with Crippen molar-refractivity contribution < 1.29 is 9.84 Å². The van der Waals surface area contributed by atoms with E-state index in [1.807, 2.05) is 24.3 Å². The summed E-state index contributed by atoms with van der Waals surface area (Å²) in [6, 6.07) is 7.28. The van der Waals surface area contributed by atoms with Gasteiger partial charge in [-0.3, -0.25) is 0 Å². The van der Waals surface area contributed by atoms with Gasteiger partial charge in [0.15, 0.2) is 0 Å². The summed E-state index contributed by atoms with van der Waals surface area (Å²) < 4.78 is 5.74. The number of rotatable bonds is 7. The van der Waals surface area contributed by atoms with E-state index < -0.39 is 5.60 Å². The third-order valence-electron chi connectivity index (χ3n) is 3.32. The molecule has 1 aromatic rings. The molecule has 19 heavy (non-hydrogen) atoms. The maximum absolute atomic E-state index is 9.89. The first kappa shape index (κ1) is 16.0. The van der Waals surface area contributed by atoms with E-state index in [1.54, 1.807) is 13.8 Å². The standard InChI is InChI=1S/C16H27NO2/c1-5-6-12(2)11-19-14-9-7-13(8-10-14)15(17)16(3,4)18/h7-10,12,15,18H,5-6,11,17H2,1-4H3/t12?,15-/m1/s1. The van der Waals surface area contributed by atoms with Crippen LogP contribution in [0.1, 0.15) is 52.1 Å². The van der Waals surface area contributed by atoms with Crippen molar-refractivity contribution >= 4 is 0 Å². The Morgan fingerprint density at radius 1 is 1.26 bits per heavy atom. The summed E-state index contributed by atoms with van der Waals surface area (Å²) in [5, 5.41) is 9.89. The van der Waals surface area contributed by atoms with Crippen molar-refractivity contribution in [3.05, 3.63) is 29.8 Å².